The van der Waals surface area contributed by atoms with Crippen LogP contribution in [0.5, 0.6) is 11.5 Å². The summed E-state index contributed by atoms with van der Waals surface area (Å²) in [7, 11) is 0. The first-order chi connectivity index (χ1) is 18.4. The SMILES string of the molecule is C=CCc1cc(/C=C2/SC(=Nc3ccc(C)cc3)NC2=O)cc(OCC)c1OCc1ccc(C(=O)O)cc1. The Morgan fingerprint density at radius 3 is 2.50 bits per heavy atom. The number of aliphatic imine (C=N–C) groups is 1. The van der Waals surface area contributed by atoms with Gasteiger partial charge in [-0.1, -0.05) is 35.9 Å². The lowest BCUT2D eigenvalue weighted by atomic mass is 10.0. The van der Waals surface area contributed by atoms with Crippen molar-refractivity contribution < 1.29 is 24.2 Å². The number of thioether (sulfide) groups is 1. The lowest BCUT2D eigenvalue weighted by molar-refractivity contribution is -0.115. The van der Waals surface area contributed by atoms with Crippen LogP contribution in [0.4, 0.5) is 5.69 Å². The van der Waals surface area contributed by atoms with Gasteiger partial charge in [-0.15, -0.1) is 6.58 Å². The summed E-state index contributed by atoms with van der Waals surface area (Å²) in [6.07, 6.45) is 4.12. The van der Waals surface area contributed by atoms with E-state index in [1.807, 2.05) is 50.2 Å². The molecule has 1 heterocycles. The summed E-state index contributed by atoms with van der Waals surface area (Å²) in [6, 6.07) is 18.1. The number of nitrogens with zero attached hydrogens (tertiary/aromatic N) is 1. The number of nitrogens with one attached hydrogen (secondary N) is 1. The molecule has 3 aromatic carbocycles. The van der Waals surface area contributed by atoms with Gasteiger partial charge in [0.15, 0.2) is 16.7 Å². The van der Waals surface area contributed by atoms with Crippen LogP contribution in [-0.4, -0.2) is 28.8 Å². The third-order valence-corrected chi connectivity index (χ3v) is 6.53. The maximum absolute atomic E-state index is 12.7. The van der Waals surface area contributed by atoms with Crippen molar-refractivity contribution in [2.45, 2.75) is 26.9 Å². The van der Waals surface area contributed by atoms with E-state index in [0.717, 1.165) is 27.9 Å². The van der Waals surface area contributed by atoms with Crippen molar-refractivity contribution in [3.8, 4) is 11.5 Å². The van der Waals surface area contributed by atoms with Gasteiger partial charge in [-0.25, -0.2) is 9.79 Å². The second-order valence-electron chi connectivity index (χ2n) is 8.54. The summed E-state index contributed by atoms with van der Waals surface area (Å²) < 4.78 is 12.1. The number of amidine groups is 1. The first-order valence-electron chi connectivity index (χ1n) is 12.1. The molecular formula is C30H28N2O5S. The number of aryl methyl sites for hydroxylation is 1. The standard InChI is InChI=1S/C30H28N2O5S/c1-4-6-23-15-21(17-26-28(33)32-30(38-26)31-24-13-7-19(3)8-14-24)16-25(36-5-2)27(23)37-18-20-9-11-22(12-10-20)29(34)35/h4,7-17H,1,5-6,18H2,2-3H3,(H,34,35)(H,31,32,33)/b26-17+. The van der Waals surface area contributed by atoms with E-state index in [0.29, 0.717) is 34.6 Å². The number of allylic oxidation sites excluding steroid dienone is 1. The Kier molecular flexibility index (Phi) is 8.66. The lowest BCUT2D eigenvalue weighted by Crippen LogP contribution is -2.19. The van der Waals surface area contributed by atoms with Crippen LogP contribution in [0.3, 0.4) is 0 Å². The zero-order valence-electron chi connectivity index (χ0n) is 21.2. The van der Waals surface area contributed by atoms with E-state index in [2.05, 4.69) is 16.9 Å². The molecule has 0 unspecified atom stereocenters. The zero-order valence-corrected chi connectivity index (χ0v) is 22.0. The number of hydrogen-bond acceptors (Lipinski definition) is 6. The fourth-order valence-electron chi connectivity index (χ4n) is 3.77. The van der Waals surface area contributed by atoms with Crippen LogP contribution in [0.1, 0.15) is 39.5 Å². The number of carboxylic acids is 1. The molecule has 7 nitrogen and oxygen atoms in total. The molecule has 194 valence electrons. The number of carbonyl (C=O) groups excluding carboxylic acids is 1. The predicted octanol–water partition coefficient (Wildman–Crippen LogP) is 6.29. The van der Waals surface area contributed by atoms with Gasteiger partial charge >= 0.3 is 5.97 Å². The monoisotopic (exact) mass is 528 g/mol. The van der Waals surface area contributed by atoms with E-state index in [1.165, 1.54) is 11.8 Å². The van der Waals surface area contributed by atoms with Crippen LogP contribution in [0, 0.1) is 6.92 Å². The molecule has 8 heteroatoms. The molecule has 0 spiro atoms. The first kappa shape index (κ1) is 26.8. The van der Waals surface area contributed by atoms with E-state index in [9.17, 15) is 9.59 Å². The number of carboxylic acid groups (broad SMARTS) is 1. The van der Waals surface area contributed by atoms with Crippen molar-refractivity contribution in [2.24, 2.45) is 4.99 Å². The Balaban J connectivity index is 1.59. The summed E-state index contributed by atoms with van der Waals surface area (Å²) >= 11 is 1.28. The maximum Gasteiger partial charge on any atom is 0.335 e. The quantitative estimate of drug-likeness (QED) is 0.237. The molecule has 1 amide bonds. The Bertz CT molecular complexity index is 1410. The molecular weight excluding hydrogens is 500 g/mol. The summed E-state index contributed by atoms with van der Waals surface area (Å²) in [5, 5.41) is 12.5. The fraction of sp³-hybridized carbons (Fsp3) is 0.167. The smallest absolute Gasteiger partial charge is 0.335 e. The molecule has 1 fully saturated rings. The minimum absolute atomic E-state index is 0.214. The highest BCUT2D eigenvalue weighted by Gasteiger charge is 2.24. The van der Waals surface area contributed by atoms with Gasteiger partial charge in [0, 0.05) is 5.56 Å². The van der Waals surface area contributed by atoms with Crippen molar-refractivity contribution in [2.75, 3.05) is 6.61 Å². The fourth-order valence-corrected chi connectivity index (χ4v) is 4.61. The highest BCUT2D eigenvalue weighted by atomic mass is 32.2. The third kappa shape index (κ3) is 6.72. The highest BCUT2D eigenvalue weighted by molar-refractivity contribution is 8.18. The first-order valence-corrected chi connectivity index (χ1v) is 12.9. The number of aromatic carboxylic acids is 1. The van der Waals surface area contributed by atoms with Crippen molar-refractivity contribution in [1.29, 1.82) is 0 Å². The van der Waals surface area contributed by atoms with Gasteiger partial charge in [-0.2, -0.15) is 0 Å². The van der Waals surface area contributed by atoms with Crippen LogP contribution < -0.4 is 14.8 Å². The van der Waals surface area contributed by atoms with Gasteiger partial charge in [0.2, 0.25) is 0 Å². The van der Waals surface area contributed by atoms with Gasteiger partial charge in [-0.3, -0.25) is 4.79 Å². The summed E-state index contributed by atoms with van der Waals surface area (Å²) in [5.41, 5.74) is 4.60. The molecule has 38 heavy (non-hydrogen) atoms. The van der Waals surface area contributed by atoms with Crippen molar-refractivity contribution in [3.63, 3.8) is 0 Å². The molecule has 0 aromatic heterocycles. The molecule has 3 aromatic rings. The van der Waals surface area contributed by atoms with E-state index in [1.54, 1.807) is 36.4 Å². The number of benzene rings is 3. The third-order valence-electron chi connectivity index (χ3n) is 5.62. The topological polar surface area (TPSA) is 97.2 Å². The normalized spacial score (nSPS) is 14.9. The van der Waals surface area contributed by atoms with Crippen molar-refractivity contribution in [1.82, 2.24) is 5.32 Å². The average molecular weight is 529 g/mol. The number of hydrogen-bond donors (Lipinski definition) is 2. The molecule has 0 bridgehead atoms. The van der Waals surface area contributed by atoms with Gasteiger partial charge < -0.3 is 19.9 Å². The molecule has 1 aliphatic heterocycles. The van der Waals surface area contributed by atoms with Crippen LogP contribution in [-0.2, 0) is 17.8 Å². The van der Waals surface area contributed by atoms with Crippen molar-refractivity contribution in [3.05, 3.63) is 106 Å². The molecule has 2 N–H and O–H groups in total. The Morgan fingerprint density at radius 1 is 1.11 bits per heavy atom. The molecule has 4 rings (SSSR count). The van der Waals surface area contributed by atoms with Gasteiger partial charge in [-0.05, 0) is 85.6 Å². The van der Waals surface area contributed by atoms with Gasteiger partial charge in [0.25, 0.3) is 5.91 Å². The van der Waals surface area contributed by atoms with Crippen LogP contribution in [0.15, 0.2) is 83.2 Å². The molecule has 0 atom stereocenters. The molecule has 1 aliphatic rings. The zero-order chi connectivity index (χ0) is 27.1. The van der Waals surface area contributed by atoms with E-state index >= 15 is 0 Å². The largest absolute Gasteiger partial charge is 0.490 e. The van der Waals surface area contributed by atoms with Crippen molar-refractivity contribution >= 4 is 40.6 Å². The number of amides is 1. The van der Waals surface area contributed by atoms with E-state index in [-0.39, 0.29) is 18.1 Å². The Labute approximate surface area is 225 Å². The average Bonchev–Trinajstić information content (AvgIpc) is 3.23. The van der Waals surface area contributed by atoms with Crippen LogP contribution >= 0.6 is 11.8 Å². The Morgan fingerprint density at radius 2 is 1.84 bits per heavy atom. The molecule has 1 saturated heterocycles. The van der Waals surface area contributed by atoms with E-state index in [4.69, 9.17) is 14.6 Å². The predicted molar refractivity (Wildman–Crippen MR) is 151 cm³/mol. The number of carbonyl (C=O) groups is 2. The second kappa shape index (κ2) is 12.3. The molecule has 0 radical (unpaired) electrons. The lowest BCUT2D eigenvalue weighted by Gasteiger charge is -2.17. The molecule has 0 aliphatic carbocycles. The second-order valence-corrected chi connectivity index (χ2v) is 9.57. The van der Waals surface area contributed by atoms with Crippen LogP contribution in [0.25, 0.3) is 6.08 Å². The summed E-state index contributed by atoms with van der Waals surface area (Å²) in [5.74, 6) is -0.0508. The minimum Gasteiger partial charge on any atom is -0.490 e. The van der Waals surface area contributed by atoms with Gasteiger partial charge in [0.05, 0.1) is 22.8 Å². The van der Waals surface area contributed by atoms with Crippen LogP contribution in [0.2, 0.25) is 0 Å². The molecule has 0 saturated carbocycles. The van der Waals surface area contributed by atoms with Gasteiger partial charge in [0.1, 0.15) is 6.61 Å². The summed E-state index contributed by atoms with van der Waals surface area (Å²) in [6.45, 7) is 8.43. The highest BCUT2D eigenvalue weighted by Crippen LogP contribution is 2.37. The maximum atomic E-state index is 12.7. The minimum atomic E-state index is -0.975. The van der Waals surface area contributed by atoms with E-state index < -0.39 is 5.97 Å². The number of ether oxygens (including phenoxy) is 2. The Hall–Kier alpha value is -4.30. The summed E-state index contributed by atoms with van der Waals surface area (Å²) in [4.78, 5) is 28.8. The number of rotatable bonds is 10.